The summed E-state index contributed by atoms with van der Waals surface area (Å²) in [6.07, 6.45) is 1.06. The van der Waals surface area contributed by atoms with Gasteiger partial charge in [0.2, 0.25) is 0 Å². The molecule has 38 valence electrons. The van der Waals surface area contributed by atoms with Gasteiger partial charge in [0.25, 0.3) is 0 Å². The van der Waals surface area contributed by atoms with Crippen LogP contribution in [0.5, 0.6) is 0 Å². The minimum absolute atomic E-state index is 0.389. The molecule has 0 saturated carbocycles. The zero-order valence-electron chi connectivity index (χ0n) is 3.55. The molecule has 0 aliphatic carbocycles. The first-order chi connectivity index (χ1) is 3.43. The normalized spacial score (nSPS) is 27.1. The molecule has 1 rings (SSSR count). The van der Waals surface area contributed by atoms with Gasteiger partial charge in [0.05, 0.1) is 0 Å². The van der Waals surface area contributed by atoms with E-state index in [-0.39, 0.29) is 6.29 Å². The quantitative estimate of drug-likeness (QED) is 0.318. The summed E-state index contributed by atoms with van der Waals surface area (Å²) >= 11 is 0. The van der Waals surface area contributed by atoms with Gasteiger partial charge in [-0.3, -0.25) is 5.11 Å². The first-order valence-electron chi connectivity index (χ1n) is 1.86. The van der Waals surface area contributed by atoms with Gasteiger partial charge in [-0.15, -0.1) is 0 Å². The van der Waals surface area contributed by atoms with Gasteiger partial charge in [0, 0.05) is 0 Å². The molecule has 3 N–H and O–H groups in total. The topological polar surface area (TPSA) is 72.7 Å². The minimum Gasteiger partial charge on any atom is -0.505 e. The van der Waals surface area contributed by atoms with E-state index in [2.05, 4.69) is 15.8 Å². The molecule has 0 aromatic heterocycles. The minimum atomic E-state index is -0.389. The Kier molecular flexibility index (Phi) is 0.991. The Morgan fingerprint density at radius 1 is 1.86 bits per heavy atom. The number of nitrogens with zero attached hydrogens (tertiary/aromatic N) is 2. The van der Waals surface area contributed by atoms with Crippen molar-refractivity contribution in [3.63, 3.8) is 0 Å². The van der Waals surface area contributed by atoms with E-state index in [1.54, 1.807) is 0 Å². The van der Waals surface area contributed by atoms with Crippen LogP contribution >= 0.6 is 0 Å². The molecule has 5 nitrogen and oxygen atoms in total. The van der Waals surface area contributed by atoms with Gasteiger partial charge in [-0.25, -0.2) is 0 Å². The van der Waals surface area contributed by atoms with E-state index in [0.29, 0.717) is 0 Å². The molecule has 0 fully saturated rings. The Morgan fingerprint density at radius 2 is 2.71 bits per heavy atom. The lowest BCUT2D eigenvalue weighted by Crippen LogP contribution is -2.75. The van der Waals surface area contributed by atoms with Crippen molar-refractivity contribution >= 4 is 6.34 Å². The average Bonchev–Trinajstić information content (AvgIpc) is 2.14. The van der Waals surface area contributed by atoms with Crippen molar-refractivity contribution in [1.29, 1.82) is 0 Å². The van der Waals surface area contributed by atoms with Crippen molar-refractivity contribution < 1.29 is 5.11 Å². The van der Waals surface area contributed by atoms with Crippen LogP contribution in [0, 0.1) is 0 Å². The van der Waals surface area contributed by atoms with E-state index in [4.69, 9.17) is 5.53 Å². The smallest absolute Gasteiger partial charge is 0.311 e. The van der Waals surface area contributed by atoms with Crippen LogP contribution in [0.15, 0.2) is 4.99 Å². The maximum atomic E-state index is 8.10. The van der Waals surface area contributed by atoms with Crippen molar-refractivity contribution in [3.05, 3.63) is 5.53 Å². The fourth-order valence-corrected chi connectivity index (χ4v) is 0.331. The van der Waals surface area contributed by atoms with Gasteiger partial charge in [-0.05, 0) is 0 Å². The third-order valence-corrected chi connectivity index (χ3v) is 0.630. The number of nitrogens with one attached hydrogen (secondary N) is 3. The Morgan fingerprint density at radius 3 is 3.00 bits per heavy atom. The highest BCUT2D eigenvalue weighted by molar-refractivity contribution is 5.55. The third kappa shape index (κ3) is 0.716. The van der Waals surface area contributed by atoms with Gasteiger partial charge in [0.15, 0.2) is 0 Å². The van der Waals surface area contributed by atoms with Gasteiger partial charge in [-0.1, -0.05) is 0 Å². The van der Waals surface area contributed by atoms with Gasteiger partial charge in [0.1, 0.15) is 6.34 Å². The molecule has 0 saturated heterocycles. The van der Waals surface area contributed by atoms with E-state index >= 15 is 0 Å². The molecule has 1 unspecified atom stereocenters. The van der Waals surface area contributed by atoms with Crippen LogP contribution in [0.4, 0.5) is 0 Å². The van der Waals surface area contributed by atoms with Crippen molar-refractivity contribution in [3.8, 4) is 0 Å². The summed E-state index contributed by atoms with van der Waals surface area (Å²) in [6, 6.07) is 0. The second kappa shape index (κ2) is 1.65. The van der Waals surface area contributed by atoms with E-state index in [0.717, 1.165) is 0 Å². The monoisotopic (exact) mass is 99.1 g/mol. The molecule has 0 radical (unpaired) electrons. The van der Waals surface area contributed by atoms with Crippen LogP contribution in [-0.4, -0.2) is 12.6 Å². The Labute approximate surface area is 40.3 Å². The highest BCUT2D eigenvalue weighted by atomic mass is 15.5. The molecule has 1 atom stereocenters. The largest absolute Gasteiger partial charge is 0.505 e. The summed E-state index contributed by atoms with van der Waals surface area (Å²) in [5.41, 5.74) is 13.2. The van der Waals surface area contributed by atoms with E-state index in [9.17, 15) is 0 Å². The van der Waals surface area contributed by atoms with E-state index in [1.165, 1.54) is 6.34 Å². The molecular weight excluding hydrogens is 94.1 g/mol. The van der Waals surface area contributed by atoms with Crippen LogP contribution in [0.25, 0.3) is 5.53 Å². The fraction of sp³-hybridized carbons (Fsp3) is 0.500. The van der Waals surface area contributed by atoms with E-state index < -0.39 is 0 Å². The molecule has 0 spiro atoms. The highest BCUT2D eigenvalue weighted by Gasteiger charge is 2.05. The van der Waals surface area contributed by atoms with Gasteiger partial charge < -0.3 is 11.0 Å². The summed E-state index contributed by atoms with van der Waals surface area (Å²) in [6.45, 7) is 0. The van der Waals surface area contributed by atoms with Crippen molar-refractivity contribution in [1.82, 2.24) is 10.9 Å². The van der Waals surface area contributed by atoms with Crippen LogP contribution in [0.2, 0.25) is 0 Å². The second-order valence-electron chi connectivity index (χ2n) is 1.10. The van der Waals surface area contributed by atoms with Crippen LogP contribution < -0.4 is 16.0 Å². The molecule has 0 bridgehead atoms. The number of rotatable bonds is 1. The Bertz CT molecular complexity index is 96.3. The molecule has 0 amide bonds. The lowest BCUT2D eigenvalue weighted by molar-refractivity contribution is -0.529. The van der Waals surface area contributed by atoms with Crippen molar-refractivity contribution in [2.75, 3.05) is 0 Å². The first kappa shape index (κ1) is 4.20. The summed E-state index contributed by atoms with van der Waals surface area (Å²) in [7, 11) is 0. The predicted octanol–water partition coefficient (Wildman–Crippen LogP) is -2.49. The summed E-state index contributed by atoms with van der Waals surface area (Å²) in [4.78, 5) is 3.65. The second-order valence-corrected chi connectivity index (χ2v) is 1.10. The number of aliphatic imine (C=N–C) groups is 1. The molecule has 1 aliphatic heterocycles. The van der Waals surface area contributed by atoms with Crippen LogP contribution in [0.3, 0.4) is 0 Å². The highest BCUT2D eigenvalue weighted by Crippen LogP contribution is 1.69. The average molecular weight is 99.1 g/mol. The molecule has 1 aliphatic rings. The van der Waals surface area contributed by atoms with E-state index in [1.807, 2.05) is 5.11 Å². The molecule has 0 aromatic carbocycles. The fourth-order valence-electron chi connectivity index (χ4n) is 0.331. The summed E-state index contributed by atoms with van der Waals surface area (Å²) in [5.74, 6) is 0. The number of hydrogen-bond acceptors (Lipinski definition) is 3. The number of hydrazine groups is 1. The maximum Gasteiger partial charge on any atom is 0.311 e. The Hall–Kier alpha value is -0.970. The molecule has 1 heterocycles. The van der Waals surface area contributed by atoms with Crippen molar-refractivity contribution in [2.24, 2.45) is 4.99 Å². The SMILES string of the molecule is [N-]=[NH+]C1N=CNN1. The molecule has 5 heteroatoms. The zero-order chi connectivity index (χ0) is 5.11. The van der Waals surface area contributed by atoms with Gasteiger partial charge >= 0.3 is 6.29 Å². The third-order valence-electron chi connectivity index (χ3n) is 0.630. The Balaban J connectivity index is 2.42. The lowest BCUT2D eigenvalue weighted by Gasteiger charge is -1.93. The number of hydrogen-bond donors (Lipinski definition) is 3. The molecule has 7 heavy (non-hydrogen) atoms. The maximum absolute atomic E-state index is 8.10. The summed E-state index contributed by atoms with van der Waals surface area (Å²) in [5, 5.41) is 1.89. The van der Waals surface area contributed by atoms with Crippen molar-refractivity contribution in [2.45, 2.75) is 6.29 Å². The predicted molar refractivity (Wildman–Crippen MR) is 22.9 cm³/mol. The molecular formula is C2H5N5. The summed E-state index contributed by atoms with van der Waals surface area (Å²) < 4.78 is 0. The first-order valence-corrected chi connectivity index (χ1v) is 1.86. The zero-order valence-corrected chi connectivity index (χ0v) is 3.55. The van der Waals surface area contributed by atoms with Crippen LogP contribution in [-0.2, 0) is 0 Å². The van der Waals surface area contributed by atoms with Gasteiger partial charge in [-0.2, -0.15) is 10.4 Å². The molecule has 0 aromatic rings. The van der Waals surface area contributed by atoms with Crippen LogP contribution in [0.1, 0.15) is 0 Å². The lowest BCUT2D eigenvalue weighted by atomic mass is 10.9. The standard InChI is InChI=1S/C2H5N5/c3-6-2-4-1-5-7-2/h1-2,6-7H,(H,4,5).